The van der Waals surface area contributed by atoms with E-state index in [2.05, 4.69) is 19.9 Å². The lowest BCUT2D eigenvalue weighted by Crippen LogP contribution is -2.26. The normalized spacial score (nSPS) is 17.3. The van der Waals surface area contributed by atoms with Crippen molar-refractivity contribution in [3.05, 3.63) is 29.7 Å². The molecule has 2 aromatic rings. The van der Waals surface area contributed by atoms with Crippen LogP contribution < -0.4 is 5.32 Å². The smallest absolute Gasteiger partial charge is 0.335 e. The lowest BCUT2D eigenvalue weighted by Gasteiger charge is -2.22. The van der Waals surface area contributed by atoms with Crippen LogP contribution in [0, 0.1) is 0 Å². The summed E-state index contributed by atoms with van der Waals surface area (Å²) in [7, 11) is 4.91. The van der Waals surface area contributed by atoms with Gasteiger partial charge in [-0.25, -0.2) is 14.8 Å². The number of anilines is 1. The molecular formula is C23H30N6O3. The first-order valence-corrected chi connectivity index (χ1v) is 11.2. The van der Waals surface area contributed by atoms with E-state index in [0.717, 1.165) is 36.7 Å². The largest absolute Gasteiger partial charge is 0.466 e. The summed E-state index contributed by atoms with van der Waals surface area (Å²) in [5.41, 5.74) is 1.97. The first-order valence-electron chi connectivity index (χ1n) is 11.2. The molecule has 3 heterocycles. The number of esters is 1. The van der Waals surface area contributed by atoms with E-state index in [0.29, 0.717) is 35.9 Å². The number of nitrogens with one attached hydrogen (secondary N) is 1. The van der Waals surface area contributed by atoms with Crippen molar-refractivity contribution in [1.29, 1.82) is 0 Å². The number of nitrogens with zero attached hydrogens (tertiary/aromatic N) is 5. The number of hydrogen-bond acceptors (Lipinski definition) is 7. The summed E-state index contributed by atoms with van der Waals surface area (Å²) in [6.45, 7) is 0. The molecule has 0 spiro atoms. The highest BCUT2D eigenvalue weighted by atomic mass is 16.5. The Balaban J connectivity index is 1.69. The summed E-state index contributed by atoms with van der Waals surface area (Å²) in [4.78, 5) is 39.8. The van der Waals surface area contributed by atoms with Gasteiger partial charge in [0, 0.05) is 44.3 Å². The second kappa shape index (κ2) is 9.50. The first kappa shape index (κ1) is 22.0. The third kappa shape index (κ3) is 4.51. The van der Waals surface area contributed by atoms with E-state index in [1.54, 1.807) is 25.2 Å². The molecule has 1 amide bonds. The SMILES string of the molecule is COC(=O)C1=CN=C(Nc2ncc3cc(C(=O)N(C)C)n(C4CCCCCC4)c3n2)CC1. The van der Waals surface area contributed by atoms with Gasteiger partial charge in [-0.2, -0.15) is 4.98 Å². The van der Waals surface area contributed by atoms with Gasteiger partial charge in [-0.3, -0.25) is 4.79 Å². The van der Waals surface area contributed by atoms with Crippen molar-refractivity contribution in [2.24, 2.45) is 4.99 Å². The number of methoxy groups -OCH3 is 1. The van der Waals surface area contributed by atoms with Crippen LogP contribution in [0.4, 0.5) is 5.95 Å². The molecule has 1 N–H and O–H groups in total. The number of hydrogen-bond donors (Lipinski definition) is 1. The zero-order chi connectivity index (χ0) is 22.7. The Labute approximate surface area is 187 Å². The molecule has 1 aliphatic heterocycles. The highest BCUT2D eigenvalue weighted by Crippen LogP contribution is 2.33. The number of amidine groups is 1. The average molecular weight is 439 g/mol. The number of carbonyl (C=O) groups is 2. The molecule has 0 atom stereocenters. The van der Waals surface area contributed by atoms with Gasteiger partial charge in [-0.05, 0) is 25.3 Å². The molecule has 0 saturated heterocycles. The van der Waals surface area contributed by atoms with Crippen LogP contribution in [0.2, 0.25) is 0 Å². The van der Waals surface area contributed by atoms with Crippen LogP contribution in [-0.2, 0) is 9.53 Å². The molecule has 32 heavy (non-hydrogen) atoms. The zero-order valence-corrected chi connectivity index (χ0v) is 18.9. The molecule has 1 fully saturated rings. The van der Waals surface area contributed by atoms with Gasteiger partial charge < -0.3 is 19.5 Å². The van der Waals surface area contributed by atoms with E-state index in [9.17, 15) is 9.59 Å². The molecule has 2 aromatic heterocycles. The van der Waals surface area contributed by atoms with E-state index in [4.69, 9.17) is 9.72 Å². The van der Waals surface area contributed by atoms with E-state index < -0.39 is 0 Å². The van der Waals surface area contributed by atoms with Crippen molar-refractivity contribution >= 4 is 34.7 Å². The minimum Gasteiger partial charge on any atom is -0.466 e. The van der Waals surface area contributed by atoms with E-state index in [1.807, 2.05) is 6.07 Å². The monoisotopic (exact) mass is 438 g/mol. The lowest BCUT2D eigenvalue weighted by atomic mass is 10.1. The van der Waals surface area contributed by atoms with Gasteiger partial charge in [-0.15, -0.1) is 0 Å². The Morgan fingerprint density at radius 1 is 1.16 bits per heavy atom. The van der Waals surface area contributed by atoms with E-state index >= 15 is 0 Å². The van der Waals surface area contributed by atoms with Crippen molar-refractivity contribution in [2.75, 3.05) is 26.5 Å². The lowest BCUT2D eigenvalue weighted by molar-refractivity contribution is -0.136. The number of ether oxygens (including phenoxy) is 1. The summed E-state index contributed by atoms with van der Waals surface area (Å²) in [6.07, 6.45) is 11.2. The predicted molar refractivity (Wildman–Crippen MR) is 123 cm³/mol. The minimum absolute atomic E-state index is 0.0288. The molecule has 0 unspecified atom stereocenters. The van der Waals surface area contributed by atoms with Crippen molar-refractivity contribution in [1.82, 2.24) is 19.4 Å². The van der Waals surface area contributed by atoms with Gasteiger partial charge in [0.2, 0.25) is 5.95 Å². The number of amides is 1. The number of rotatable bonds is 4. The first-order chi connectivity index (χ1) is 15.5. The molecule has 0 radical (unpaired) electrons. The highest BCUT2D eigenvalue weighted by molar-refractivity contribution is 6.00. The summed E-state index contributed by atoms with van der Waals surface area (Å²) in [5.74, 6) is 0.737. The molecule has 2 aliphatic rings. The topological polar surface area (TPSA) is 102 Å². The van der Waals surface area contributed by atoms with Crippen molar-refractivity contribution in [3.8, 4) is 0 Å². The third-order valence-electron chi connectivity index (χ3n) is 6.10. The number of fused-ring (bicyclic) bond motifs is 1. The number of aromatic nitrogens is 3. The molecular weight excluding hydrogens is 408 g/mol. The van der Waals surface area contributed by atoms with Gasteiger partial charge >= 0.3 is 5.97 Å². The van der Waals surface area contributed by atoms with Crippen molar-refractivity contribution in [3.63, 3.8) is 0 Å². The Morgan fingerprint density at radius 2 is 1.91 bits per heavy atom. The third-order valence-corrected chi connectivity index (χ3v) is 6.10. The van der Waals surface area contributed by atoms with Crippen LogP contribution in [-0.4, -0.2) is 58.4 Å². The van der Waals surface area contributed by atoms with Crippen LogP contribution in [0.15, 0.2) is 29.0 Å². The maximum Gasteiger partial charge on any atom is 0.335 e. The van der Waals surface area contributed by atoms with Gasteiger partial charge in [-0.1, -0.05) is 25.7 Å². The molecule has 170 valence electrons. The van der Waals surface area contributed by atoms with Crippen LogP contribution in [0.5, 0.6) is 0 Å². The van der Waals surface area contributed by atoms with Crippen LogP contribution >= 0.6 is 0 Å². The second-order valence-electron chi connectivity index (χ2n) is 8.56. The highest BCUT2D eigenvalue weighted by Gasteiger charge is 2.25. The number of carbonyl (C=O) groups excluding carboxylic acids is 2. The molecule has 1 aliphatic carbocycles. The van der Waals surface area contributed by atoms with Gasteiger partial charge in [0.25, 0.3) is 5.91 Å². The van der Waals surface area contributed by atoms with E-state index in [1.165, 1.54) is 26.2 Å². The van der Waals surface area contributed by atoms with Gasteiger partial charge in [0.15, 0.2) is 0 Å². The van der Waals surface area contributed by atoms with E-state index in [-0.39, 0.29) is 17.9 Å². The zero-order valence-electron chi connectivity index (χ0n) is 18.9. The molecule has 0 aromatic carbocycles. The quantitative estimate of drug-likeness (QED) is 0.577. The second-order valence-corrected chi connectivity index (χ2v) is 8.56. The van der Waals surface area contributed by atoms with Crippen molar-refractivity contribution < 1.29 is 14.3 Å². The predicted octanol–water partition coefficient (Wildman–Crippen LogP) is 3.69. The maximum absolute atomic E-state index is 13.0. The van der Waals surface area contributed by atoms with Crippen LogP contribution in [0.25, 0.3) is 11.0 Å². The molecule has 4 rings (SSSR count). The number of aliphatic imine (C=N–C) groups is 1. The molecule has 9 nitrogen and oxygen atoms in total. The Hall–Kier alpha value is -3.23. The summed E-state index contributed by atoms with van der Waals surface area (Å²) in [5, 5.41) is 4.03. The fourth-order valence-electron chi connectivity index (χ4n) is 4.40. The standard InChI is InChI=1S/C23H30N6O3/c1-28(2)21(30)18-12-16-14-25-23(26-19-11-10-15(13-24-19)22(31)32-3)27-20(16)29(18)17-8-6-4-5-7-9-17/h12-14,17H,4-11H2,1-3H3,(H,24,25,26,27). The molecule has 0 bridgehead atoms. The average Bonchev–Trinajstić information content (AvgIpc) is 2.97. The minimum atomic E-state index is -0.357. The Morgan fingerprint density at radius 3 is 2.53 bits per heavy atom. The molecule has 9 heteroatoms. The Bertz CT molecular complexity index is 1080. The summed E-state index contributed by atoms with van der Waals surface area (Å²) >= 11 is 0. The van der Waals surface area contributed by atoms with Gasteiger partial charge in [0.05, 0.1) is 12.7 Å². The van der Waals surface area contributed by atoms with Crippen molar-refractivity contribution in [2.45, 2.75) is 57.4 Å². The van der Waals surface area contributed by atoms with Crippen LogP contribution in [0.1, 0.15) is 67.9 Å². The maximum atomic E-state index is 13.0. The van der Waals surface area contributed by atoms with Gasteiger partial charge in [0.1, 0.15) is 17.2 Å². The fourth-order valence-corrected chi connectivity index (χ4v) is 4.40. The van der Waals surface area contributed by atoms with Crippen LogP contribution in [0.3, 0.4) is 0 Å². The summed E-state index contributed by atoms with van der Waals surface area (Å²) in [6, 6.07) is 2.14. The Kier molecular flexibility index (Phi) is 6.53. The fraction of sp³-hybridized carbons (Fsp3) is 0.522. The summed E-state index contributed by atoms with van der Waals surface area (Å²) < 4.78 is 6.87. The molecule has 1 saturated carbocycles.